The van der Waals surface area contributed by atoms with Crippen LogP contribution in [0.4, 0.5) is 0 Å². The van der Waals surface area contributed by atoms with Crippen molar-refractivity contribution >= 4 is 41.8 Å². The van der Waals surface area contributed by atoms with Crippen molar-refractivity contribution in [2.75, 3.05) is 33.3 Å². The van der Waals surface area contributed by atoms with E-state index in [0.717, 1.165) is 12.0 Å². The van der Waals surface area contributed by atoms with Gasteiger partial charge in [-0.3, -0.25) is 19.5 Å². The number of fused-ring (bicyclic) bond motifs is 1. The predicted octanol–water partition coefficient (Wildman–Crippen LogP) is 2.62. The molecule has 1 atom stereocenters. The lowest BCUT2D eigenvalue weighted by molar-refractivity contribution is 0.0652. The number of nitrogens with zero attached hydrogens (tertiary/aromatic N) is 2. The average molecular weight is 536 g/mol. The molecule has 1 unspecified atom stereocenters. The first kappa shape index (κ1) is 24.8. The summed E-state index contributed by atoms with van der Waals surface area (Å²) in [4.78, 5) is 30.3. The number of aliphatic hydroxyl groups is 1. The van der Waals surface area contributed by atoms with E-state index >= 15 is 0 Å². The highest BCUT2D eigenvalue weighted by atomic mass is 127. The van der Waals surface area contributed by atoms with Crippen LogP contribution in [0, 0.1) is 0 Å². The molecule has 1 heterocycles. The summed E-state index contributed by atoms with van der Waals surface area (Å²) in [5, 5.41) is 16.1. The van der Waals surface area contributed by atoms with E-state index in [1.807, 2.05) is 30.3 Å². The Bertz CT molecular complexity index is 870. The summed E-state index contributed by atoms with van der Waals surface area (Å²) >= 11 is 0. The van der Waals surface area contributed by atoms with Crippen LogP contribution in [0.25, 0.3) is 0 Å². The maximum Gasteiger partial charge on any atom is 0.261 e. The van der Waals surface area contributed by atoms with Gasteiger partial charge in [0.25, 0.3) is 11.8 Å². The van der Waals surface area contributed by atoms with Crippen molar-refractivity contribution < 1.29 is 14.7 Å². The molecule has 8 heteroatoms. The minimum atomic E-state index is -0.211. The number of guanidine groups is 1. The van der Waals surface area contributed by atoms with Gasteiger partial charge < -0.3 is 15.7 Å². The van der Waals surface area contributed by atoms with Crippen molar-refractivity contribution in [2.24, 2.45) is 4.99 Å². The van der Waals surface area contributed by atoms with Gasteiger partial charge in [-0.2, -0.15) is 0 Å². The number of amides is 2. The van der Waals surface area contributed by atoms with Crippen molar-refractivity contribution in [2.45, 2.75) is 18.8 Å². The molecule has 3 N–H and O–H groups in total. The predicted molar refractivity (Wildman–Crippen MR) is 132 cm³/mol. The van der Waals surface area contributed by atoms with Crippen molar-refractivity contribution in [1.82, 2.24) is 15.5 Å². The number of nitrogens with one attached hydrogen (secondary N) is 2. The highest BCUT2D eigenvalue weighted by Crippen LogP contribution is 2.22. The van der Waals surface area contributed by atoms with Gasteiger partial charge in [0.1, 0.15) is 0 Å². The second-order valence-electron chi connectivity index (χ2n) is 7.18. The molecule has 0 radical (unpaired) electrons. The topological polar surface area (TPSA) is 94.0 Å². The molecule has 3 rings (SSSR count). The fraction of sp³-hybridized carbons (Fsp3) is 0.348. The number of rotatable bonds is 9. The largest absolute Gasteiger partial charge is 0.396 e. The Morgan fingerprint density at radius 3 is 2.16 bits per heavy atom. The van der Waals surface area contributed by atoms with Gasteiger partial charge in [0, 0.05) is 32.6 Å². The number of carbonyl (C=O) groups excluding carboxylic acids is 2. The van der Waals surface area contributed by atoms with Gasteiger partial charge in [0.15, 0.2) is 5.96 Å². The summed E-state index contributed by atoms with van der Waals surface area (Å²) in [5.74, 6) is 0.220. The molecule has 2 amide bonds. The van der Waals surface area contributed by atoms with Crippen LogP contribution in [0.15, 0.2) is 59.6 Å². The molecule has 0 saturated carbocycles. The number of imide groups is 1. The van der Waals surface area contributed by atoms with Gasteiger partial charge in [-0.25, -0.2) is 0 Å². The van der Waals surface area contributed by atoms with E-state index in [1.54, 1.807) is 31.3 Å². The fourth-order valence-corrected chi connectivity index (χ4v) is 3.50. The van der Waals surface area contributed by atoms with Crippen molar-refractivity contribution in [3.05, 3.63) is 71.3 Å². The number of halogens is 1. The Balaban J connectivity index is 0.00000341. The summed E-state index contributed by atoms with van der Waals surface area (Å²) in [7, 11) is 1.70. The zero-order valence-electron chi connectivity index (χ0n) is 17.6. The van der Waals surface area contributed by atoms with Crippen molar-refractivity contribution in [3.8, 4) is 0 Å². The van der Waals surface area contributed by atoms with Gasteiger partial charge in [0.05, 0.1) is 17.7 Å². The maximum absolute atomic E-state index is 12.4. The van der Waals surface area contributed by atoms with Gasteiger partial charge in [-0.1, -0.05) is 42.5 Å². The maximum atomic E-state index is 12.4. The Morgan fingerprint density at radius 2 is 1.58 bits per heavy atom. The normalized spacial score (nSPS) is 14.1. The Morgan fingerprint density at radius 1 is 0.968 bits per heavy atom. The Hall–Kier alpha value is -2.46. The lowest BCUT2D eigenvalue weighted by atomic mass is 10.0. The second-order valence-corrected chi connectivity index (χ2v) is 7.18. The number of carbonyl (C=O) groups is 2. The molecule has 0 saturated heterocycles. The minimum Gasteiger partial charge on any atom is -0.396 e. The van der Waals surface area contributed by atoms with Gasteiger partial charge in [-0.15, -0.1) is 24.0 Å². The summed E-state index contributed by atoms with van der Waals surface area (Å²) in [5.41, 5.74) is 2.05. The monoisotopic (exact) mass is 536 g/mol. The third-order valence-electron chi connectivity index (χ3n) is 5.21. The van der Waals surface area contributed by atoms with Gasteiger partial charge in [-0.05, 0) is 30.5 Å². The van der Waals surface area contributed by atoms with E-state index in [4.69, 9.17) is 0 Å². The average Bonchev–Trinajstić information content (AvgIpc) is 3.03. The van der Waals surface area contributed by atoms with E-state index in [2.05, 4.69) is 15.6 Å². The van der Waals surface area contributed by atoms with E-state index in [1.165, 1.54) is 4.90 Å². The molecule has 0 aliphatic carbocycles. The summed E-state index contributed by atoms with van der Waals surface area (Å²) in [6.07, 6.45) is 1.50. The van der Waals surface area contributed by atoms with Gasteiger partial charge in [0.2, 0.25) is 0 Å². The number of benzene rings is 2. The molecule has 2 aromatic carbocycles. The highest BCUT2D eigenvalue weighted by Gasteiger charge is 2.34. The van der Waals surface area contributed by atoms with E-state index < -0.39 is 0 Å². The summed E-state index contributed by atoms with van der Waals surface area (Å²) < 4.78 is 0. The van der Waals surface area contributed by atoms with E-state index in [-0.39, 0.29) is 48.3 Å². The van der Waals surface area contributed by atoms with Crippen LogP contribution in [0.5, 0.6) is 0 Å². The van der Waals surface area contributed by atoms with Gasteiger partial charge >= 0.3 is 0 Å². The quantitative estimate of drug-likeness (QED) is 0.151. The Labute approximate surface area is 200 Å². The molecule has 1 aliphatic rings. The van der Waals surface area contributed by atoms with Crippen LogP contribution in [0.1, 0.15) is 45.0 Å². The summed E-state index contributed by atoms with van der Waals surface area (Å²) in [6, 6.07) is 16.8. The SMILES string of the molecule is CN=C(NCCCCN1C(=O)c2ccccc2C1=O)NCC(CO)c1ccccc1.I. The minimum absolute atomic E-state index is 0. The lowest BCUT2D eigenvalue weighted by Crippen LogP contribution is -2.40. The lowest BCUT2D eigenvalue weighted by Gasteiger charge is -2.18. The fourth-order valence-electron chi connectivity index (χ4n) is 3.50. The number of aliphatic imine (C=N–C) groups is 1. The molecule has 7 nitrogen and oxygen atoms in total. The Kier molecular flexibility index (Phi) is 9.93. The molecule has 0 spiro atoms. The molecule has 2 aromatic rings. The highest BCUT2D eigenvalue weighted by molar-refractivity contribution is 14.0. The van der Waals surface area contributed by atoms with Crippen LogP contribution in [0.2, 0.25) is 0 Å². The third kappa shape index (κ3) is 6.27. The molecule has 0 aromatic heterocycles. The number of hydrogen-bond acceptors (Lipinski definition) is 4. The second kappa shape index (κ2) is 12.4. The molecule has 31 heavy (non-hydrogen) atoms. The standard InChI is InChI=1S/C23H28N4O3.HI/c1-24-23(26-15-18(16-28)17-9-3-2-4-10-17)25-13-7-8-14-27-21(29)19-11-5-6-12-20(19)22(27)30;/h2-6,9-12,18,28H,7-8,13-16H2,1H3,(H2,24,25,26);1H. The number of aliphatic hydroxyl groups excluding tert-OH is 1. The first-order chi connectivity index (χ1) is 14.7. The van der Waals surface area contributed by atoms with Crippen LogP contribution < -0.4 is 10.6 Å². The summed E-state index contributed by atoms with van der Waals surface area (Å²) in [6.45, 7) is 1.68. The zero-order chi connectivity index (χ0) is 21.3. The van der Waals surface area contributed by atoms with Crippen LogP contribution in [-0.4, -0.2) is 61.1 Å². The molecule has 0 bridgehead atoms. The van der Waals surface area contributed by atoms with Crippen molar-refractivity contribution in [1.29, 1.82) is 0 Å². The van der Waals surface area contributed by atoms with Crippen molar-refractivity contribution in [3.63, 3.8) is 0 Å². The number of hydrogen-bond donors (Lipinski definition) is 3. The molecule has 0 fully saturated rings. The first-order valence-corrected chi connectivity index (χ1v) is 10.2. The molecule has 1 aliphatic heterocycles. The first-order valence-electron chi connectivity index (χ1n) is 10.2. The molecular weight excluding hydrogens is 507 g/mol. The molecule has 166 valence electrons. The van der Waals surface area contributed by atoms with E-state index in [9.17, 15) is 14.7 Å². The smallest absolute Gasteiger partial charge is 0.261 e. The molecular formula is C23H29IN4O3. The van der Waals surface area contributed by atoms with Crippen LogP contribution in [0.3, 0.4) is 0 Å². The zero-order valence-corrected chi connectivity index (χ0v) is 19.9. The van der Waals surface area contributed by atoms with Crippen LogP contribution in [-0.2, 0) is 0 Å². The number of unbranched alkanes of at least 4 members (excludes halogenated alkanes) is 1. The third-order valence-corrected chi connectivity index (χ3v) is 5.21. The van der Waals surface area contributed by atoms with E-state index in [0.29, 0.717) is 43.1 Å². The van der Waals surface area contributed by atoms with Crippen LogP contribution >= 0.6 is 24.0 Å².